The highest BCUT2D eigenvalue weighted by Crippen LogP contribution is 2.38. The number of aliphatic hydroxyl groups excluding tert-OH is 1. The summed E-state index contributed by atoms with van der Waals surface area (Å²) in [6.07, 6.45) is 8.90. The summed E-state index contributed by atoms with van der Waals surface area (Å²) in [7, 11) is 0. The summed E-state index contributed by atoms with van der Waals surface area (Å²) >= 11 is 0. The number of aliphatic hydroxyl groups is 1. The van der Waals surface area contributed by atoms with E-state index in [0.717, 1.165) is 25.3 Å². The van der Waals surface area contributed by atoms with Crippen LogP contribution in [-0.2, 0) is 0 Å². The summed E-state index contributed by atoms with van der Waals surface area (Å²) in [6, 6.07) is 0. The van der Waals surface area contributed by atoms with E-state index >= 15 is 0 Å². The molecular formula is C17H34N2O. The van der Waals surface area contributed by atoms with E-state index in [1.165, 1.54) is 51.7 Å². The lowest BCUT2D eigenvalue weighted by atomic mass is 9.84. The zero-order valence-corrected chi connectivity index (χ0v) is 13.5. The van der Waals surface area contributed by atoms with Crippen LogP contribution in [0.1, 0.15) is 58.8 Å². The van der Waals surface area contributed by atoms with Gasteiger partial charge in [0, 0.05) is 12.1 Å². The molecule has 0 aromatic heterocycles. The monoisotopic (exact) mass is 282 g/mol. The maximum absolute atomic E-state index is 9.92. The number of nitrogens with one attached hydrogen (secondary N) is 1. The maximum Gasteiger partial charge on any atom is 0.0616 e. The molecule has 1 saturated carbocycles. The molecule has 2 aliphatic rings. The molecule has 1 saturated heterocycles. The topological polar surface area (TPSA) is 35.5 Å². The molecule has 3 unspecified atom stereocenters. The van der Waals surface area contributed by atoms with Gasteiger partial charge in [0.25, 0.3) is 0 Å². The molecule has 0 aromatic carbocycles. The Kier molecular flexibility index (Phi) is 6.31. The summed E-state index contributed by atoms with van der Waals surface area (Å²) in [5.74, 6) is 1.53. The molecule has 2 fully saturated rings. The zero-order chi connectivity index (χ0) is 14.4. The molecule has 20 heavy (non-hydrogen) atoms. The van der Waals surface area contributed by atoms with Crippen molar-refractivity contribution >= 4 is 0 Å². The van der Waals surface area contributed by atoms with Crippen molar-refractivity contribution in [3.63, 3.8) is 0 Å². The molecular weight excluding hydrogens is 248 g/mol. The maximum atomic E-state index is 9.92. The predicted molar refractivity (Wildman–Crippen MR) is 84.9 cm³/mol. The highest BCUT2D eigenvalue weighted by Gasteiger charge is 2.41. The molecule has 1 aliphatic heterocycles. The van der Waals surface area contributed by atoms with Crippen molar-refractivity contribution in [2.45, 2.75) is 64.3 Å². The van der Waals surface area contributed by atoms with Gasteiger partial charge < -0.3 is 15.3 Å². The standard InChI is InChI=1S/C17H34N2O/c1-3-10-18-17(14-20)9-4-7-16(17)8-12-19-11-5-6-15(2)13-19/h15-16,18,20H,3-14H2,1-2H3. The Morgan fingerprint density at radius 3 is 2.85 bits per heavy atom. The van der Waals surface area contributed by atoms with E-state index < -0.39 is 0 Å². The molecule has 0 aromatic rings. The van der Waals surface area contributed by atoms with Gasteiger partial charge in [-0.2, -0.15) is 0 Å². The first-order valence-electron chi connectivity index (χ1n) is 8.78. The lowest BCUT2D eigenvalue weighted by Crippen LogP contribution is -2.52. The first kappa shape index (κ1) is 16.3. The minimum Gasteiger partial charge on any atom is -0.394 e. The van der Waals surface area contributed by atoms with Crippen molar-refractivity contribution in [2.75, 3.05) is 32.8 Å². The second-order valence-corrected chi connectivity index (χ2v) is 7.17. The Labute approximate surface area is 125 Å². The Bertz CT molecular complexity index is 284. The van der Waals surface area contributed by atoms with Crippen LogP contribution in [0, 0.1) is 11.8 Å². The third-order valence-corrected chi connectivity index (χ3v) is 5.50. The fourth-order valence-electron chi connectivity index (χ4n) is 4.26. The molecule has 118 valence electrons. The van der Waals surface area contributed by atoms with E-state index in [2.05, 4.69) is 24.1 Å². The molecule has 0 bridgehead atoms. The van der Waals surface area contributed by atoms with Gasteiger partial charge in [-0.25, -0.2) is 0 Å². The van der Waals surface area contributed by atoms with Gasteiger partial charge in [0.05, 0.1) is 6.61 Å². The van der Waals surface area contributed by atoms with E-state index in [1.54, 1.807) is 0 Å². The number of rotatable bonds is 7. The summed E-state index contributed by atoms with van der Waals surface area (Å²) < 4.78 is 0. The number of piperidine rings is 1. The summed E-state index contributed by atoms with van der Waals surface area (Å²) in [4.78, 5) is 2.65. The lowest BCUT2D eigenvalue weighted by molar-refractivity contribution is 0.104. The number of nitrogens with zero attached hydrogens (tertiary/aromatic N) is 1. The highest BCUT2D eigenvalue weighted by molar-refractivity contribution is 4.99. The number of hydrogen-bond acceptors (Lipinski definition) is 3. The van der Waals surface area contributed by atoms with Gasteiger partial charge in [0.15, 0.2) is 0 Å². The van der Waals surface area contributed by atoms with Gasteiger partial charge in [0.1, 0.15) is 0 Å². The second kappa shape index (κ2) is 7.77. The van der Waals surface area contributed by atoms with Gasteiger partial charge in [-0.05, 0) is 70.0 Å². The van der Waals surface area contributed by atoms with Crippen molar-refractivity contribution < 1.29 is 5.11 Å². The Morgan fingerprint density at radius 2 is 2.15 bits per heavy atom. The Morgan fingerprint density at radius 1 is 1.30 bits per heavy atom. The van der Waals surface area contributed by atoms with Crippen LogP contribution in [0.4, 0.5) is 0 Å². The number of hydrogen-bond donors (Lipinski definition) is 2. The van der Waals surface area contributed by atoms with E-state index in [-0.39, 0.29) is 5.54 Å². The van der Waals surface area contributed by atoms with Gasteiger partial charge in [-0.1, -0.05) is 20.3 Å². The van der Waals surface area contributed by atoms with Crippen molar-refractivity contribution in [3.8, 4) is 0 Å². The van der Waals surface area contributed by atoms with Crippen LogP contribution >= 0.6 is 0 Å². The van der Waals surface area contributed by atoms with Crippen LogP contribution in [-0.4, -0.2) is 48.3 Å². The van der Waals surface area contributed by atoms with E-state index in [0.29, 0.717) is 12.5 Å². The van der Waals surface area contributed by atoms with Crippen molar-refractivity contribution in [2.24, 2.45) is 11.8 Å². The SMILES string of the molecule is CCCNC1(CO)CCCC1CCN1CCCC(C)C1. The normalized spacial score (nSPS) is 35.5. The predicted octanol–water partition coefficient (Wildman–Crippen LogP) is 2.64. The van der Waals surface area contributed by atoms with Crippen molar-refractivity contribution in [1.29, 1.82) is 0 Å². The van der Waals surface area contributed by atoms with Crippen LogP contribution in [0.5, 0.6) is 0 Å². The largest absolute Gasteiger partial charge is 0.394 e. The molecule has 3 atom stereocenters. The Hall–Kier alpha value is -0.120. The minimum atomic E-state index is 0.0252. The first-order valence-corrected chi connectivity index (χ1v) is 8.78. The van der Waals surface area contributed by atoms with Crippen LogP contribution in [0.2, 0.25) is 0 Å². The van der Waals surface area contributed by atoms with Gasteiger partial charge in [-0.3, -0.25) is 0 Å². The van der Waals surface area contributed by atoms with Crippen molar-refractivity contribution in [3.05, 3.63) is 0 Å². The molecule has 2 rings (SSSR count). The molecule has 0 amide bonds. The average molecular weight is 282 g/mol. The smallest absolute Gasteiger partial charge is 0.0616 e. The van der Waals surface area contributed by atoms with Gasteiger partial charge in [0.2, 0.25) is 0 Å². The second-order valence-electron chi connectivity index (χ2n) is 7.17. The summed E-state index contributed by atoms with van der Waals surface area (Å²) in [6.45, 7) is 9.73. The number of likely N-dealkylation sites (tertiary alicyclic amines) is 1. The quantitative estimate of drug-likeness (QED) is 0.753. The van der Waals surface area contributed by atoms with E-state index in [4.69, 9.17) is 0 Å². The zero-order valence-electron chi connectivity index (χ0n) is 13.5. The molecule has 3 heteroatoms. The van der Waals surface area contributed by atoms with Gasteiger partial charge in [-0.15, -0.1) is 0 Å². The minimum absolute atomic E-state index is 0.0252. The Balaban J connectivity index is 1.83. The summed E-state index contributed by atoms with van der Waals surface area (Å²) in [5, 5.41) is 13.6. The third kappa shape index (κ3) is 3.96. The molecule has 1 aliphatic carbocycles. The van der Waals surface area contributed by atoms with Gasteiger partial charge >= 0.3 is 0 Å². The fourth-order valence-corrected chi connectivity index (χ4v) is 4.26. The summed E-state index contributed by atoms with van der Waals surface area (Å²) in [5.41, 5.74) is 0.0252. The molecule has 1 heterocycles. The van der Waals surface area contributed by atoms with Crippen LogP contribution in [0.25, 0.3) is 0 Å². The first-order chi connectivity index (χ1) is 9.70. The van der Waals surface area contributed by atoms with Crippen molar-refractivity contribution in [1.82, 2.24) is 10.2 Å². The third-order valence-electron chi connectivity index (χ3n) is 5.50. The molecule has 0 radical (unpaired) electrons. The molecule has 2 N–H and O–H groups in total. The van der Waals surface area contributed by atoms with Crippen LogP contribution in [0.3, 0.4) is 0 Å². The highest BCUT2D eigenvalue weighted by atomic mass is 16.3. The molecule has 0 spiro atoms. The molecule has 3 nitrogen and oxygen atoms in total. The van der Waals surface area contributed by atoms with E-state index in [9.17, 15) is 5.11 Å². The fraction of sp³-hybridized carbons (Fsp3) is 1.00. The van der Waals surface area contributed by atoms with Crippen LogP contribution < -0.4 is 5.32 Å². The van der Waals surface area contributed by atoms with Crippen LogP contribution in [0.15, 0.2) is 0 Å². The van der Waals surface area contributed by atoms with E-state index in [1.807, 2.05) is 0 Å². The lowest BCUT2D eigenvalue weighted by Gasteiger charge is -2.37. The average Bonchev–Trinajstić information content (AvgIpc) is 2.86.